The van der Waals surface area contributed by atoms with Gasteiger partial charge in [0.2, 0.25) is 5.91 Å². The summed E-state index contributed by atoms with van der Waals surface area (Å²) in [6.07, 6.45) is 8.13. The zero-order valence-corrected chi connectivity index (χ0v) is 26.6. The molecule has 4 rings (SSSR count). The van der Waals surface area contributed by atoms with Crippen LogP contribution in [0.25, 0.3) is 0 Å². The molecule has 2 aromatic rings. The van der Waals surface area contributed by atoms with Crippen molar-refractivity contribution in [3.8, 4) is 0 Å². The summed E-state index contributed by atoms with van der Waals surface area (Å²) in [4.78, 5) is 19.9. The van der Waals surface area contributed by atoms with Gasteiger partial charge in [0.25, 0.3) is 0 Å². The van der Waals surface area contributed by atoms with Gasteiger partial charge >= 0.3 is 0 Å². The van der Waals surface area contributed by atoms with E-state index in [1.165, 1.54) is 57.4 Å². The van der Waals surface area contributed by atoms with Crippen LogP contribution in [-0.2, 0) is 24.4 Å². The molecule has 3 heterocycles. The SMILES string of the molecule is CC([SiH3])[C@H](NCc1ccccn1)C(=O)NCc1ccc(CNCCCNC2CCN(C3CCNCC3)CC2)cc1. The number of aromatic nitrogens is 1. The van der Waals surface area contributed by atoms with Crippen molar-refractivity contribution in [2.45, 2.75) is 82.3 Å². The van der Waals surface area contributed by atoms with Crippen LogP contribution in [0.5, 0.6) is 0 Å². The van der Waals surface area contributed by atoms with E-state index in [1.807, 2.05) is 18.2 Å². The first-order valence-electron chi connectivity index (χ1n) is 15.5. The van der Waals surface area contributed by atoms with Gasteiger partial charge in [0.1, 0.15) is 0 Å². The van der Waals surface area contributed by atoms with Crippen molar-refractivity contribution >= 4 is 16.1 Å². The number of pyridine rings is 1. The van der Waals surface area contributed by atoms with Crippen molar-refractivity contribution in [1.82, 2.24) is 36.5 Å². The number of hydrogen-bond acceptors (Lipinski definition) is 7. The largest absolute Gasteiger partial charge is 0.351 e. The number of nitrogens with one attached hydrogen (secondary N) is 5. The zero-order chi connectivity index (χ0) is 28.0. The van der Waals surface area contributed by atoms with Crippen molar-refractivity contribution in [1.29, 1.82) is 0 Å². The molecule has 2 aliphatic rings. The number of carbonyl (C=O) groups excluding carboxylic acids is 1. The molecule has 40 heavy (non-hydrogen) atoms. The molecular weight excluding hydrogens is 514 g/mol. The lowest BCUT2D eigenvalue weighted by Crippen LogP contribution is -2.49. The highest BCUT2D eigenvalue weighted by atomic mass is 28.1. The highest BCUT2D eigenvalue weighted by Gasteiger charge is 2.25. The maximum atomic E-state index is 12.9. The molecule has 8 nitrogen and oxygen atoms in total. The number of benzene rings is 1. The minimum atomic E-state index is -0.196. The molecule has 0 aliphatic carbocycles. The van der Waals surface area contributed by atoms with Crippen molar-refractivity contribution in [3.05, 3.63) is 65.5 Å². The monoisotopic (exact) mass is 565 g/mol. The van der Waals surface area contributed by atoms with Crippen LogP contribution in [0.15, 0.2) is 48.7 Å². The first kappa shape index (κ1) is 30.8. The van der Waals surface area contributed by atoms with E-state index in [-0.39, 0.29) is 11.9 Å². The molecule has 9 heteroatoms. The molecule has 2 fully saturated rings. The second kappa shape index (κ2) is 17.0. The fourth-order valence-corrected chi connectivity index (χ4v) is 6.35. The molecule has 220 valence electrons. The number of nitrogens with zero attached hydrogens (tertiary/aromatic N) is 2. The van der Waals surface area contributed by atoms with E-state index in [2.05, 4.69) is 67.7 Å². The van der Waals surface area contributed by atoms with Gasteiger partial charge in [-0.2, -0.15) is 0 Å². The molecule has 1 aromatic heterocycles. The van der Waals surface area contributed by atoms with Crippen molar-refractivity contribution in [2.75, 3.05) is 39.3 Å². The van der Waals surface area contributed by atoms with E-state index in [0.717, 1.165) is 53.6 Å². The summed E-state index contributed by atoms with van der Waals surface area (Å²) in [6, 6.07) is 15.7. The summed E-state index contributed by atoms with van der Waals surface area (Å²) in [5.74, 6) is 0.0603. The first-order valence-corrected chi connectivity index (χ1v) is 16.6. The minimum absolute atomic E-state index is 0.0603. The van der Waals surface area contributed by atoms with E-state index in [0.29, 0.717) is 24.7 Å². The van der Waals surface area contributed by atoms with Gasteiger partial charge in [-0.25, -0.2) is 0 Å². The number of hydrogen-bond donors (Lipinski definition) is 5. The zero-order valence-electron chi connectivity index (χ0n) is 24.6. The van der Waals surface area contributed by atoms with Gasteiger partial charge in [0, 0.05) is 48.2 Å². The third-order valence-electron chi connectivity index (χ3n) is 8.32. The average Bonchev–Trinajstić information content (AvgIpc) is 2.99. The van der Waals surface area contributed by atoms with Gasteiger partial charge in [0.15, 0.2) is 0 Å². The molecule has 2 atom stereocenters. The Labute approximate surface area is 244 Å². The van der Waals surface area contributed by atoms with Crippen LogP contribution in [0, 0.1) is 0 Å². The second-order valence-electron chi connectivity index (χ2n) is 11.7. The van der Waals surface area contributed by atoms with E-state index in [1.54, 1.807) is 6.20 Å². The molecule has 2 aliphatic heterocycles. The van der Waals surface area contributed by atoms with Crippen molar-refractivity contribution in [2.24, 2.45) is 0 Å². The Morgan fingerprint density at radius 1 is 1.00 bits per heavy atom. The van der Waals surface area contributed by atoms with Gasteiger partial charge in [-0.3, -0.25) is 9.78 Å². The van der Waals surface area contributed by atoms with Crippen LogP contribution in [0.3, 0.4) is 0 Å². The fourth-order valence-electron chi connectivity index (χ4n) is 5.82. The fraction of sp³-hybridized carbons (Fsp3) is 0.613. The Balaban J connectivity index is 1.05. The Kier molecular flexibility index (Phi) is 13.1. The molecule has 2 saturated heterocycles. The molecule has 1 amide bonds. The van der Waals surface area contributed by atoms with Gasteiger partial charge in [-0.15, -0.1) is 0 Å². The molecule has 0 radical (unpaired) electrons. The van der Waals surface area contributed by atoms with Crippen molar-refractivity contribution in [3.63, 3.8) is 0 Å². The highest BCUT2D eigenvalue weighted by molar-refractivity contribution is 6.14. The lowest BCUT2D eigenvalue weighted by atomic mass is 9.98. The molecule has 1 aromatic carbocycles. The standard InChI is InChI=1S/C31H51N7OSi/c1-24(40)30(36-23-28-5-2-3-15-35-28)31(39)37-22-26-8-6-25(7-9-26)21-33-14-4-16-34-27-12-19-38(20-13-27)29-10-17-32-18-11-29/h2-3,5-9,15,24,27,29-30,32-34,36H,4,10-14,16-23H2,1,40H3,(H,37,39)/t24?,30-/m0/s1. The highest BCUT2D eigenvalue weighted by Crippen LogP contribution is 2.18. The van der Waals surface area contributed by atoms with E-state index >= 15 is 0 Å². The third kappa shape index (κ3) is 10.4. The molecule has 1 unspecified atom stereocenters. The first-order chi connectivity index (χ1) is 19.6. The number of likely N-dealkylation sites (tertiary alicyclic amines) is 1. The normalized spacial score (nSPS) is 18.9. The van der Waals surface area contributed by atoms with Crippen molar-refractivity contribution < 1.29 is 4.79 Å². The molecular formula is C31H51N7OSi. The number of carbonyl (C=O) groups is 1. The quantitative estimate of drug-likeness (QED) is 0.164. The summed E-state index contributed by atoms with van der Waals surface area (Å²) in [6.45, 7) is 11.1. The van der Waals surface area contributed by atoms with Crippen LogP contribution in [0.4, 0.5) is 0 Å². The molecule has 0 spiro atoms. The molecule has 0 saturated carbocycles. The Morgan fingerprint density at radius 2 is 1.73 bits per heavy atom. The van der Waals surface area contributed by atoms with Gasteiger partial charge < -0.3 is 31.5 Å². The summed E-state index contributed by atoms with van der Waals surface area (Å²) in [5, 5.41) is 17.4. The topological polar surface area (TPSA) is 93.3 Å². The smallest absolute Gasteiger partial charge is 0.237 e. The lowest BCUT2D eigenvalue weighted by Gasteiger charge is -2.39. The van der Waals surface area contributed by atoms with E-state index in [9.17, 15) is 4.79 Å². The molecule has 0 bridgehead atoms. The Morgan fingerprint density at radius 3 is 2.40 bits per heavy atom. The Bertz CT molecular complexity index is 977. The lowest BCUT2D eigenvalue weighted by molar-refractivity contribution is -0.123. The summed E-state index contributed by atoms with van der Waals surface area (Å²) in [7, 11) is 0.947. The predicted octanol–water partition coefficient (Wildman–Crippen LogP) is 1.32. The van der Waals surface area contributed by atoms with Crippen LogP contribution >= 0.6 is 0 Å². The van der Waals surface area contributed by atoms with Gasteiger partial charge in [0.05, 0.1) is 11.7 Å². The summed E-state index contributed by atoms with van der Waals surface area (Å²) >= 11 is 0. The maximum Gasteiger partial charge on any atom is 0.237 e. The number of amides is 1. The predicted molar refractivity (Wildman–Crippen MR) is 167 cm³/mol. The molecule has 5 N–H and O–H groups in total. The summed E-state index contributed by atoms with van der Waals surface area (Å²) < 4.78 is 0. The van der Waals surface area contributed by atoms with Crippen LogP contribution in [0.1, 0.15) is 55.8 Å². The van der Waals surface area contributed by atoms with Crippen LogP contribution < -0.4 is 26.6 Å². The summed E-state index contributed by atoms with van der Waals surface area (Å²) in [5.41, 5.74) is 3.67. The van der Waals surface area contributed by atoms with E-state index in [4.69, 9.17) is 0 Å². The van der Waals surface area contributed by atoms with E-state index < -0.39 is 0 Å². The van der Waals surface area contributed by atoms with Crippen LogP contribution in [-0.4, -0.2) is 83.4 Å². The van der Waals surface area contributed by atoms with Gasteiger partial charge in [-0.05, 0) is 100 Å². The Hall–Kier alpha value is -2.14. The third-order valence-corrected chi connectivity index (χ3v) is 8.98. The van der Waals surface area contributed by atoms with Crippen LogP contribution in [0.2, 0.25) is 5.54 Å². The number of rotatable bonds is 15. The van der Waals surface area contributed by atoms with Gasteiger partial charge in [-0.1, -0.05) is 37.3 Å². The average molecular weight is 566 g/mol. The number of piperidine rings is 2. The minimum Gasteiger partial charge on any atom is -0.351 e. The second-order valence-corrected chi connectivity index (χ2v) is 13.6. The maximum absolute atomic E-state index is 12.9.